The van der Waals surface area contributed by atoms with Crippen LogP contribution < -0.4 is 5.32 Å². The van der Waals surface area contributed by atoms with Crippen LogP contribution in [-0.2, 0) is 0 Å². The van der Waals surface area contributed by atoms with Crippen molar-refractivity contribution in [1.29, 1.82) is 0 Å². The largest absolute Gasteiger partial charge is 0.317 e. The van der Waals surface area contributed by atoms with Gasteiger partial charge in [-0.3, -0.25) is 0 Å². The number of rotatable bonds is 7. The number of nitrogens with one attached hydrogen (secondary N) is 1. The fourth-order valence-corrected chi connectivity index (χ4v) is 2.36. The molecule has 1 N–H and O–H groups in total. The highest BCUT2D eigenvalue weighted by Crippen LogP contribution is 2.38. The lowest BCUT2D eigenvalue weighted by Crippen LogP contribution is -2.27. The van der Waals surface area contributed by atoms with Crippen LogP contribution in [0.2, 0.25) is 0 Å². The van der Waals surface area contributed by atoms with E-state index in [0.717, 1.165) is 11.8 Å². The van der Waals surface area contributed by atoms with Gasteiger partial charge in [-0.05, 0) is 50.6 Å². The minimum atomic E-state index is 1.06. The molecule has 0 unspecified atom stereocenters. The van der Waals surface area contributed by atoms with Crippen LogP contribution in [-0.4, -0.2) is 13.1 Å². The highest BCUT2D eigenvalue weighted by atomic mass is 14.8. The predicted octanol–water partition coefficient (Wildman–Crippen LogP) is 3.20. The van der Waals surface area contributed by atoms with E-state index in [0.29, 0.717) is 0 Å². The Labute approximate surface area is 83.3 Å². The van der Waals surface area contributed by atoms with E-state index in [4.69, 9.17) is 0 Å². The third kappa shape index (κ3) is 4.12. The van der Waals surface area contributed by atoms with E-state index in [9.17, 15) is 0 Å². The van der Waals surface area contributed by atoms with Crippen LogP contribution in [0.1, 0.15) is 52.4 Å². The van der Waals surface area contributed by atoms with Crippen LogP contribution in [0.25, 0.3) is 0 Å². The summed E-state index contributed by atoms with van der Waals surface area (Å²) in [6, 6.07) is 0. The molecule has 0 spiro atoms. The van der Waals surface area contributed by atoms with Crippen molar-refractivity contribution >= 4 is 0 Å². The summed E-state index contributed by atoms with van der Waals surface area (Å²) in [7, 11) is 0. The molecule has 1 fully saturated rings. The molecule has 1 heteroatoms. The third-order valence-electron chi connectivity index (χ3n) is 3.19. The van der Waals surface area contributed by atoms with Crippen molar-refractivity contribution in [2.45, 2.75) is 52.4 Å². The van der Waals surface area contributed by atoms with E-state index >= 15 is 0 Å². The summed E-state index contributed by atoms with van der Waals surface area (Å²) in [5, 5.41) is 3.48. The van der Waals surface area contributed by atoms with Gasteiger partial charge in [-0.25, -0.2) is 0 Å². The Hall–Kier alpha value is -0.0400. The van der Waals surface area contributed by atoms with Gasteiger partial charge in [0.1, 0.15) is 0 Å². The van der Waals surface area contributed by atoms with E-state index in [1.807, 2.05) is 0 Å². The molecule has 0 aromatic carbocycles. The second-order valence-corrected chi connectivity index (χ2v) is 4.53. The molecule has 1 aliphatic carbocycles. The van der Waals surface area contributed by atoms with Crippen molar-refractivity contribution in [3.8, 4) is 0 Å². The Morgan fingerprint density at radius 3 is 2.23 bits per heavy atom. The molecule has 0 bridgehead atoms. The summed E-state index contributed by atoms with van der Waals surface area (Å²) in [5.41, 5.74) is 0. The van der Waals surface area contributed by atoms with Gasteiger partial charge in [-0.2, -0.15) is 0 Å². The Bertz CT molecular complexity index is 116. The first-order valence-electron chi connectivity index (χ1n) is 6.07. The highest BCUT2D eigenvalue weighted by molar-refractivity contribution is 4.79. The van der Waals surface area contributed by atoms with E-state index in [2.05, 4.69) is 19.2 Å². The van der Waals surface area contributed by atoms with E-state index < -0.39 is 0 Å². The van der Waals surface area contributed by atoms with Crippen LogP contribution in [0.4, 0.5) is 0 Å². The SMILES string of the molecule is CCCNCCC1CC(CCC)C1. The Balaban J connectivity index is 1.84. The Morgan fingerprint density at radius 2 is 1.62 bits per heavy atom. The van der Waals surface area contributed by atoms with Crippen LogP contribution in [0.5, 0.6) is 0 Å². The maximum atomic E-state index is 3.48. The van der Waals surface area contributed by atoms with Gasteiger partial charge in [0.05, 0.1) is 0 Å². The van der Waals surface area contributed by atoms with Gasteiger partial charge >= 0.3 is 0 Å². The fourth-order valence-electron chi connectivity index (χ4n) is 2.36. The first-order chi connectivity index (χ1) is 6.36. The van der Waals surface area contributed by atoms with Crippen molar-refractivity contribution in [2.75, 3.05) is 13.1 Å². The zero-order valence-electron chi connectivity index (χ0n) is 9.31. The lowest BCUT2D eigenvalue weighted by molar-refractivity contribution is 0.170. The van der Waals surface area contributed by atoms with Gasteiger partial charge < -0.3 is 5.32 Å². The molecule has 13 heavy (non-hydrogen) atoms. The van der Waals surface area contributed by atoms with Crippen LogP contribution in [0.3, 0.4) is 0 Å². The fraction of sp³-hybridized carbons (Fsp3) is 1.00. The van der Waals surface area contributed by atoms with Crippen molar-refractivity contribution in [3.05, 3.63) is 0 Å². The van der Waals surface area contributed by atoms with E-state index in [-0.39, 0.29) is 0 Å². The molecule has 0 radical (unpaired) electrons. The highest BCUT2D eigenvalue weighted by Gasteiger charge is 2.27. The smallest absolute Gasteiger partial charge is 0.00463 e. The van der Waals surface area contributed by atoms with E-state index in [1.54, 1.807) is 0 Å². The maximum absolute atomic E-state index is 3.48. The van der Waals surface area contributed by atoms with E-state index in [1.165, 1.54) is 51.6 Å². The zero-order chi connectivity index (χ0) is 9.52. The average Bonchev–Trinajstić information content (AvgIpc) is 2.07. The number of hydrogen-bond acceptors (Lipinski definition) is 1. The minimum absolute atomic E-state index is 1.06. The van der Waals surface area contributed by atoms with Crippen molar-refractivity contribution in [1.82, 2.24) is 5.32 Å². The predicted molar refractivity (Wildman–Crippen MR) is 58.9 cm³/mol. The van der Waals surface area contributed by atoms with Gasteiger partial charge in [-0.15, -0.1) is 0 Å². The lowest BCUT2D eigenvalue weighted by atomic mass is 9.71. The molecule has 0 saturated heterocycles. The molecule has 1 rings (SSSR count). The van der Waals surface area contributed by atoms with Gasteiger partial charge in [0.25, 0.3) is 0 Å². The van der Waals surface area contributed by atoms with Gasteiger partial charge in [0.2, 0.25) is 0 Å². The number of hydrogen-bond donors (Lipinski definition) is 1. The molecular weight excluding hydrogens is 158 g/mol. The standard InChI is InChI=1S/C12H25N/c1-3-5-11-9-12(10-11)6-8-13-7-4-2/h11-13H,3-10H2,1-2H3. The maximum Gasteiger partial charge on any atom is -0.00463 e. The first-order valence-corrected chi connectivity index (χ1v) is 6.07. The molecule has 0 aliphatic heterocycles. The Kier molecular flexibility index (Phi) is 5.45. The summed E-state index contributed by atoms with van der Waals surface area (Å²) in [6.45, 7) is 6.98. The third-order valence-corrected chi connectivity index (χ3v) is 3.19. The summed E-state index contributed by atoms with van der Waals surface area (Å²) in [6.07, 6.45) is 8.57. The zero-order valence-corrected chi connectivity index (χ0v) is 9.31. The van der Waals surface area contributed by atoms with Gasteiger partial charge in [0.15, 0.2) is 0 Å². The van der Waals surface area contributed by atoms with Gasteiger partial charge in [-0.1, -0.05) is 26.7 Å². The van der Waals surface area contributed by atoms with Crippen LogP contribution >= 0.6 is 0 Å². The molecule has 0 atom stereocenters. The normalized spacial score (nSPS) is 27.2. The lowest BCUT2D eigenvalue weighted by Gasteiger charge is -2.35. The quantitative estimate of drug-likeness (QED) is 0.598. The van der Waals surface area contributed by atoms with Crippen LogP contribution in [0.15, 0.2) is 0 Å². The molecule has 1 saturated carbocycles. The molecule has 0 amide bonds. The molecule has 1 nitrogen and oxygen atoms in total. The summed E-state index contributed by atoms with van der Waals surface area (Å²) >= 11 is 0. The Morgan fingerprint density at radius 1 is 0.923 bits per heavy atom. The topological polar surface area (TPSA) is 12.0 Å². The summed E-state index contributed by atoms with van der Waals surface area (Å²) < 4.78 is 0. The summed E-state index contributed by atoms with van der Waals surface area (Å²) in [5.74, 6) is 2.14. The average molecular weight is 183 g/mol. The molecule has 0 aromatic heterocycles. The first kappa shape index (κ1) is 11.0. The monoisotopic (exact) mass is 183 g/mol. The molecule has 0 heterocycles. The van der Waals surface area contributed by atoms with Crippen LogP contribution in [0, 0.1) is 11.8 Å². The van der Waals surface area contributed by atoms with Gasteiger partial charge in [0, 0.05) is 0 Å². The van der Waals surface area contributed by atoms with Crippen molar-refractivity contribution in [3.63, 3.8) is 0 Å². The van der Waals surface area contributed by atoms with Crippen molar-refractivity contribution < 1.29 is 0 Å². The molecular formula is C12H25N. The molecule has 0 aromatic rings. The second-order valence-electron chi connectivity index (χ2n) is 4.53. The second kappa shape index (κ2) is 6.42. The minimum Gasteiger partial charge on any atom is -0.317 e. The van der Waals surface area contributed by atoms with Crippen molar-refractivity contribution in [2.24, 2.45) is 11.8 Å². The molecule has 1 aliphatic rings. The summed E-state index contributed by atoms with van der Waals surface area (Å²) in [4.78, 5) is 0. The molecule has 78 valence electrons.